The second-order valence-electron chi connectivity index (χ2n) is 16.0. The zero-order chi connectivity index (χ0) is 42.1. The molecule has 0 atom stereocenters. The second kappa shape index (κ2) is 19.4. The van der Waals surface area contributed by atoms with Gasteiger partial charge >= 0.3 is 19.3 Å². The number of aromatic nitrogens is 4. The Morgan fingerprint density at radius 3 is 1.48 bits per heavy atom. The van der Waals surface area contributed by atoms with Crippen LogP contribution in [0.5, 0.6) is 0 Å². The highest BCUT2D eigenvalue weighted by Gasteiger charge is 2.51. The summed E-state index contributed by atoms with van der Waals surface area (Å²) in [5.41, 5.74) is 5.15. The van der Waals surface area contributed by atoms with E-state index in [1.807, 2.05) is 119 Å². The second-order valence-corrected chi connectivity index (χ2v) is 17.2. The first-order chi connectivity index (χ1) is 25.8. The standard InChI is InChI=1S/C19H30BNO4.C17H20ClN3O2.C4H2Cl2N2/c1-13-11-15(20-24-18(5,6)19(7,8)25-20)10-9-14(13)12-21-16(22)23-17(2,3)4;1-11-7-12(14-8-15(18)21-10-20-14)5-6-13(11)9-19-16(22)23-17(2,3)4;5-3-1-4(6)8-2-7-3/h9-11H,12H2,1-8H3,(H,21,22);5-8,10H,9H2,1-4H3,(H,19,22);1-2H. The summed E-state index contributed by atoms with van der Waals surface area (Å²) in [7, 11) is -0.378. The number of nitrogens with zero attached hydrogens (tertiary/aromatic N) is 4. The van der Waals surface area contributed by atoms with Gasteiger partial charge in [-0.3, -0.25) is 0 Å². The third-order valence-electron chi connectivity index (χ3n) is 8.41. The van der Waals surface area contributed by atoms with E-state index in [4.69, 9.17) is 53.6 Å². The summed E-state index contributed by atoms with van der Waals surface area (Å²) in [5, 5.41) is 6.68. The molecule has 0 spiro atoms. The monoisotopic (exact) mass is 828 g/mol. The smallest absolute Gasteiger partial charge is 0.444 e. The van der Waals surface area contributed by atoms with Crippen molar-refractivity contribution in [3.8, 4) is 11.3 Å². The minimum atomic E-state index is -0.505. The van der Waals surface area contributed by atoms with Crippen LogP contribution in [0.4, 0.5) is 9.59 Å². The number of aryl methyl sites for hydroxylation is 2. The molecule has 4 aromatic rings. The van der Waals surface area contributed by atoms with E-state index in [1.54, 1.807) is 6.07 Å². The largest absolute Gasteiger partial charge is 0.494 e. The first-order valence-corrected chi connectivity index (χ1v) is 19.1. The fraction of sp³-hybridized carbons (Fsp3) is 0.450. The van der Waals surface area contributed by atoms with Gasteiger partial charge < -0.3 is 29.4 Å². The molecule has 1 aliphatic heterocycles. The van der Waals surface area contributed by atoms with Crippen molar-refractivity contribution in [1.29, 1.82) is 0 Å². The maximum atomic E-state index is 11.8. The van der Waals surface area contributed by atoms with Crippen molar-refractivity contribution < 1.29 is 28.4 Å². The van der Waals surface area contributed by atoms with Crippen LogP contribution in [0.1, 0.15) is 91.5 Å². The zero-order valence-electron chi connectivity index (χ0n) is 34.1. The number of amides is 2. The molecule has 1 saturated heterocycles. The lowest BCUT2D eigenvalue weighted by atomic mass is 9.78. The number of alkyl carbamates (subject to hydrolysis) is 2. The molecule has 5 rings (SSSR count). The van der Waals surface area contributed by atoms with Crippen LogP contribution < -0.4 is 16.1 Å². The van der Waals surface area contributed by atoms with E-state index in [-0.39, 0.29) is 18.3 Å². The van der Waals surface area contributed by atoms with Gasteiger partial charge in [-0.1, -0.05) is 65.1 Å². The van der Waals surface area contributed by atoms with Crippen LogP contribution in [0.3, 0.4) is 0 Å². The van der Waals surface area contributed by atoms with Crippen molar-refractivity contribution >= 4 is 59.6 Å². The van der Waals surface area contributed by atoms with E-state index < -0.39 is 23.4 Å². The van der Waals surface area contributed by atoms with Gasteiger partial charge in [-0.2, -0.15) is 0 Å². The van der Waals surface area contributed by atoms with Gasteiger partial charge in [-0.15, -0.1) is 0 Å². The van der Waals surface area contributed by atoms with Crippen molar-refractivity contribution in [2.45, 2.75) is 119 Å². The fourth-order valence-electron chi connectivity index (χ4n) is 4.86. The number of carbonyl (C=O) groups excluding carboxylic acids is 2. The normalized spacial score (nSPS) is 14.4. The summed E-state index contributed by atoms with van der Waals surface area (Å²) in [4.78, 5) is 38.8. The van der Waals surface area contributed by atoms with Crippen molar-refractivity contribution in [3.05, 3.63) is 98.9 Å². The quantitative estimate of drug-likeness (QED) is 0.142. The zero-order valence-corrected chi connectivity index (χ0v) is 36.4. The third kappa shape index (κ3) is 15.2. The Morgan fingerprint density at radius 2 is 1.09 bits per heavy atom. The molecule has 1 fully saturated rings. The maximum Gasteiger partial charge on any atom is 0.494 e. The van der Waals surface area contributed by atoms with E-state index in [0.717, 1.165) is 39.0 Å². The van der Waals surface area contributed by atoms with E-state index in [1.165, 1.54) is 18.7 Å². The predicted octanol–water partition coefficient (Wildman–Crippen LogP) is 9.23. The molecule has 0 bridgehead atoms. The molecule has 2 N–H and O–H groups in total. The van der Waals surface area contributed by atoms with Crippen LogP contribution in [-0.4, -0.2) is 61.6 Å². The predicted molar refractivity (Wildman–Crippen MR) is 222 cm³/mol. The number of hydrogen-bond acceptors (Lipinski definition) is 10. The van der Waals surface area contributed by atoms with Crippen LogP contribution in [-0.2, 0) is 31.9 Å². The molecule has 2 aromatic heterocycles. The number of nitrogens with one attached hydrogen (secondary N) is 2. The summed E-state index contributed by atoms with van der Waals surface area (Å²) >= 11 is 16.7. The highest BCUT2D eigenvalue weighted by Crippen LogP contribution is 2.36. The van der Waals surface area contributed by atoms with Gasteiger partial charge in [0.2, 0.25) is 0 Å². The lowest BCUT2D eigenvalue weighted by Crippen LogP contribution is -2.41. The Balaban J connectivity index is 0.000000251. The summed E-state index contributed by atoms with van der Waals surface area (Å²) in [6, 6.07) is 15.1. The molecule has 2 aromatic carbocycles. The Hall–Kier alpha value is -4.01. The van der Waals surface area contributed by atoms with E-state index in [0.29, 0.717) is 28.5 Å². The van der Waals surface area contributed by atoms with Gasteiger partial charge in [0.25, 0.3) is 0 Å². The molecule has 56 heavy (non-hydrogen) atoms. The summed E-state index contributed by atoms with van der Waals surface area (Å²) in [5.74, 6) is 0. The van der Waals surface area contributed by atoms with E-state index in [2.05, 4.69) is 30.6 Å². The summed E-state index contributed by atoms with van der Waals surface area (Å²) in [6.45, 7) is 24.0. The summed E-state index contributed by atoms with van der Waals surface area (Å²) < 4.78 is 22.7. The highest BCUT2D eigenvalue weighted by atomic mass is 35.5. The molecular weight excluding hydrogens is 778 g/mol. The molecule has 0 aliphatic carbocycles. The summed E-state index contributed by atoms with van der Waals surface area (Å²) in [6.07, 6.45) is 1.90. The van der Waals surface area contributed by atoms with Gasteiger partial charge in [0.05, 0.1) is 16.9 Å². The van der Waals surface area contributed by atoms with Crippen molar-refractivity contribution in [2.24, 2.45) is 0 Å². The first kappa shape index (κ1) is 46.4. The van der Waals surface area contributed by atoms with Gasteiger partial charge in [0.1, 0.15) is 39.3 Å². The molecule has 16 heteroatoms. The number of benzene rings is 2. The molecule has 1 aliphatic rings. The Labute approximate surface area is 345 Å². The lowest BCUT2D eigenvalue weighted by Gasteiger charge is -2.32. The molecule has 2 amide bonds. The van der Waals surface area contributed by atoms with Crippen molar-refractivity contribution in [3.63, 3.8) is 0 Å². The van der Waals surface area contributed by atoms with Crippen molar-refractivity contribution in [1.82, 2.24) is 30.6 Å². The van der Waals surface area contributed by atoms with Gasteiger partial charge in [0.15, 0.2) is 0 Å². The Morgan fingerprint density at radius 1 is 0.661 bits per heavy atom. The average Bonchev–Trinajstić information content (AvgIpc) is 3.28. The van der Waals surface area contributed by atoms with E-state index in [9.17, 15) is 9.59 Å². The van der Waals surface area contributed by atoms with Crippen LogP contribution in [0, 0.1) is 13.8 Å². The minimum absolute atomic E-state index is 0.359. The number of halogens is 3. The van der Waals surface area contributed by atoms with Gasteiger partial charge in [-0.25, -0.2) is 29.5 Å². The first-order valence-electron chi connectivity index (χ1n) is 17.9. The van der Waals surface area contributed by atoms with Crippen LogP contribution in [0.25, 0.3) is 11.3 Å². The molecule has 3 heterocycles. The number of hydrogen-bond donors (Lipinski definition) is 2. The van der Waals surface area contributed by atoms with Crippen LogP contribution >= 0.6 is 34.8 Å². The lowest BCUT2D eigenvalue weighted by molar-refractivity contribution is 0.00578. The van der Waals surface area contributed by atoms with Gasteiger partial charge in [0, 0.05) is 30.8 Å². The van der Waals surface area contributed by atoms with Crippen LogP contribution in [0.2, 0.25) is 15.5 Å². The SMILES string of the molecule is Cc1cc(-c2cc(Cl)ncn2)ccc1CNC(=O)OC(C)(C)C.Cc1cc(B2OC(C)(C)C(C)(C)O2)ccc1CNC(=O)OC(C)(C)C.Clc1cc(Cl)ncn1. The minimum Gasteiger partial charge on any atom is -0.444 e. The molecule has 0 unspecified atom stereocenters. The number of ether oxygens (including phenoxy) is 2. The molecule has 302 valence electrons. The topological polar surface area (TPSA) is 147 Å². The molecular formula is C40H52BCl3N6O6. The molecule has 0 radical (unpaired) electrons. The highest BCUT2D eigenvalue weighted by molar-refractivity contribution is 6.62. The fourth-order valence-corrected chi connectivity index (χ4v) is 5.36. The average molecular weight is 830 g/mol. The Bertz CT molecular complexity index is 1940. The van der Waals surface area contributed by atoms with Crippen molar-refractivity contribution in [2.75, 3.05) is 0 Å². The van der Waals surface area contributed by atoms with Gasteiger partial charge in [-0.05, 0) is 117 Å². The number of carbonyl (C=O) groups is 2. The maximum absolute atomic E-state index is 11.8. The third-order valence-corrected chi connectivity index (χ3v) is 9.03. The Kier molecular flexibility index (Phi) is 16.1. The van der Waals surface area contributed by atoms with E-state index >= 15 is 0 Å². The molecule has 12 nitrogen and oxygen atoms in total. The van der Waals surface area contributed by atoms with Crippen LogP contribution in [0.15, 0.2) is 61.2 Å². The number of rotatable bonds is 6. The molecule has 0 saturated carbocycles.